The maximum Gasteiger partial charge on any atom is 0.312 e. The number of benzene rings is 1. The van der Waals surface area contributed by atoms with Crippen molar-refractivity contribution in [1.82, 2.24) is 10.2 Å². The predicted molar refractivity (Wildman–Crippen MR) is 93.4 cm³/mol. The number of rotatable bonds is 5. The molecule has 0 aliphatic carbocycles. The Morgan fingerprint density at radius 3 is 2.62 bits per heavy atom. The van der Waals surface area contributed by atoms with Crippen LogP contribution in [-0.2, 0) is 16.0 Å². The molecule has 0 saturated heterocycles. The summed E-state index contributed by atoms with van der Waals surface area (Å²) >= 11 is 4.55. The number of hydrogen-bond acceptors (Lipinski definition) is 6. The van der Waals surface area contributed by atoms with Crippen molar-refractivity contribution < 1.29 is 14.3 Å². The molecule has 1 aromatic carbocycles. The van der Waals surface area contributed by atoms with E-state index in [1.54, 1.807) is 36.4 Å². The van der Waals surface area contributed by atoms with Gasteiger partial charge in [-0.1, -0.05) is 18.2 Å². The molecule has 0 saturated carbocycles. The second-order valence-corrected chi connectivity index (χ2v) is 7.37. The molecule has 0 aliphatic rings. The Kier molecular flexibility index (Phi) is 4.86. The van der Waals surface area contributed by atoms with E-state index in [4.69, 9.17) is 4.74 Å². The second kappa shape index (κ2) is 7.06. The summed E-state index contributed by atoms with van der Waals surface area (Å²) in [5.41, 5.74) is 0.0858. The van der Waals surface area contributed by atoms with Gasteiger partial charge in [0.15, 0.2) is 6.61 Å². The van der Waals surface area contributed by atoms with E-state index in [-0.39, 0.29) is 24.4 Å². The van der Waals surface area contributed by atoms with E-state index in [1.165, 1.54) is 11.3 Å². The monoisotopic (exact) mass is 406 g/mol. The number of halogens is 1. The molecule has 1 N–H and O–H groups in total. The van der Waals surface area contributed by atoms with Crippen LogP contribution >= 0.6 is 27.3 Å². The molecular formula is C16H11BrN2O4S. The van der Waals surface area contributed by atoms with E-state index in [0.29, 0.717) is 21.3 Å². The van der Waals surface area contributed by atoms with Gasteiger partial charge in [0, 0.05) is 5.39 Å². The van der Waals surface area contributed by atoms with Crippen molar-refractivity contribution in [3.05, 3.63) is 61.1 Å². The summed E-state index contributed by atoms with van der Waals surface area (Å²) in [6.45, 7) is -0.326. The number of esters is 1. The van der Waals surface area contributed by atoms with Crippen LogP contribution in [0.2, 0.25) is 0 Å². The van der Waals surface area contributed by atoms with Crippen LogP contribution in [0.3, 0.4) is 0 Å². The fraction of sp³-hybridized carbons (Fsp3) is 0.125. The lowest BCUT2D eigenvalue weighted by Crippen LogP contribution is -2.18. The molecule has 3 aromatic rings. The van der Waals surface area contributed by atoms with Gasteiger partial charge in [0.05, 0.1) is 26.2 Å². The van der Waals surface area contributed by atoms with Crippen molar-refractivity contribution in [1.29, 1.82) is 0 Å². The summed E-state index contributed by atoms with van der Waals surface area (Å²) in [6, 6.07) is 10.3. The third kappa shape index (κ3) is 3.60. The molecule has 24 heavy (non-hydrogen) atoms. The first-order valence-corrected chi connectivity index (χ1v) is 8.56. The zero-order valence-electron chi connectivity index (χ0n) is 12.2. The minimum absolute atomic E-state index is 0.126. The molecule has 0 atom stereocenters. The van der Waals surface area contributed by atoms with Gasteiger partial charge in [0.25, 0.3) is 5.56 Å². The standard InChI is InChI=1S/C16H11BrN2O4S/c17-14-6-5-13(24-14)12(20)8-23-15(21)7-11-9-3-1-2-4-10(9)16(22)19-18-11/h1-6H,7-8H2,(H,19,22). The highest BCUT2D eigenvalue weighted by atomic mass is 79.9. The van der Waals surface area contributed by atoms with Gasteiger partial charge >= 0.3 is 5.97 Å². The number of aromatic nitrogens is 2. The van der Waals surface area contributed by atoms with Gasteiger partial charge in [-0.05, 0) is 34.1 Å². The maximum atomic E-state index is 12.0. The molecule has 0 amide bonds. The second-order valence-electron chi connectivity index (χ2n) is 4.91. The molecular weight excluding hydrogens is 396 g/mol. The van der Waals surface area contributed by atoms with Crippen LogP contribution in [0.5, 0.6) is 0 Å². The number of carbonyl (C=O) groups excluding carboxylic acids is 2. The first kappa shape index (κ1) is 16.5. The zero-order chi connectivity index (χ0) is 17.1. The van der Waals surface area contributed by atoms with Gasteiger partial charge in [-0.2, -0.15) is 5.10 Å². The number of nitrogens with zero attached hydrogens (tertiary/aromatic N) is 1. The van der Waals surface area contributed by atoms with E-state index in [1.807, 2.05) is 0 Å². The molecule has 0 unspecified atom stereocenters. The normalized spacial score (nSPS) is 10.7. The van der Waals surface area contributed by atoms with Crippen LogP contribution in [-0.4, -0.2) is 28.6 Å². The Labute approximate surface area is 148 Å². The molecule has 0 radical (unpaired) electrons. The predicted octanol–water partition coefficient (Wildman–Crippen LogP) is 2.72. The van der Waals surface area contributed by atoms with E-state index in [9.17, 15) is 14.4 Å². The number of aromatic amines is 1. The van der Waals surface area contributed by atoms with Crippen molar-refractivity contribution in [3.8, 4) is 0 Å². The fourth-order valence-electron chi connectivity index (χ4n) is 2.18. The lowest BCUT2D eigenvalue weighted by molar-refractivity contribution is -0.141. The quantitative estimate of drug-likeness (QED) is 0.519. The fourth-order valence-corrected chi connectivity index (χ4v) is 3.49. The largest absolute Gasteiger partial charge is 0.457 e. The smallest absolute Gasteiger partial charge is 0.312 e. The van der Waals surface area contributed by atoms with Gasteiger partial charge in [0.2, 0.25) is 5.78 Å². The van der Waals surface area contributed by atoms with Crippen LogP contribution in [0.1, 0.15) is 15.4 Å². The molecule has 3 rings (SSSR count). The van der Waals surface area contributed by atoms with Crippen LogP contribution in [0, 0.1) is 0 Å². The summed E-state index contributed by atoms with van der Waals surface area (Å²) in [7, 11) is 0. The van der Waals surface area contributed by atoms with Gasteiger partial charge in [-0.3, -0.25) is 14.4 Å². The molecule has 6 nitrogen and oxygen atoms in total. The molecule has 8 heteroatoms. The van der Waals surface area contributed by atoms with Gasteiger partial charge < -0.3 is 4.74 Å². The number of Topliss-reactive ketones (excluding diaryl/α,β-unsaturated/α-hetero) is 1. The number of hydrogen-bond donors (Lipinski definition) is 1. The Morgan fingerprint density at radius 2 is 1.92 bits per heavy atom. The number of carbonyl (C=O) groups is 2. The Morgan fingerprint density at radius 1 is 1.17 bits per heavy atom. The van der Waals surface area contributed by atoms with Crippen molar-refractivity contribution in [3.63, 3.8) is 0 Å². The van der Waals surface area contributed by atoms with Crippen LogP contribution in [0.15, 0.2) is 45.0 Å². The average Bonchev–Trinajstić information content (AvgIpc) is 3.02. The minimum Gasteiger partial charge on any atom is -0.457 e. The summed E-state index contributed by atoms with van der Waals surface area (Å²) in [5, 5.41) is 7.31. The number of ketones is 1. The summed E-state index contributed by atoms with van der Waals surface area (Å²) in [4.78, 5) is 36.1. The zero-order valence-corrected chi connectivity index (χ0v) is 14.6. The first-order chi connectivity index (χ1) is 11.5. The molecule has 122 valence electrons. The lowest BCUT2D eigenvalue weighted by Gasteiger charge is -2.05. The van der Waals surface area contributed by atoms with Crippen LogP contribution in [0.4, 0.5) is 0 Å². The van der Waals surface area contributed by atoms with Gasteiger partial charge in [0.1, 0.15) is 0 Å². The summed E-state index contributed by atoms with van der Waals surface area (Å²) in [5.74, 6) is -0.845. The van der Waals surface area contributed by atoms with Crippen molar-refractivity contribution in [2.24, 2.45) is 0 Å². The molecule has 0 fully saturated rings. The molecule has 0 spiro atoms. The van der Waals surface area contributed by atoms with E-state index < -0.39 is 5.97 Å². The third-order valence-corrected chi connectivity index (χ3v) is 4.96. The maximum absolute atomic E-state index is 12.0. The highest BCUT2D eigenvalue weighted by Crippen LogP contribution is 2.22. The van der Waals surface area contributed by atoms with Crippen LogP contribution < -0.4 is 5.56 Å². The van der Waals surface area contributed by atoms with Crippen molar-refractivity contribution in [2.45, 2.75) is 6.42 Å². The Bertz CT molecular complexity index is 979. The third-order valence-electron chi connectivity index (χ3n) is 3.30. The van der Waals surface area contributed by atoms with E-state index >= 15 is 0 Å². The molecule has 2 heterocycles. The summed E-state index contributed by atoms with van der Waals surface area (Å²) < 4.78 is 5.86. The van der Waals surface area contributed by atoms with E-state index in [0.717, 1.165) is 3.79 Å². The van der Waals surface area contributed by atoms with Crippen LogP contribution in [0.25, 0.3) is 10.8 Å². The number of ether oxygens (including phenoxy) is 1. The highest BCUT2D eigenvalue weighted by molar-refractivity contribution is 9.11. The van der Waals surface area contributed by atoms with Gasteiger partial charge in [-0.15, -0.1) is 11.3 Å². The first-order valence-electron chi connectivity index (χ1n) is 6.95. The Balaban J connectivity index is 1.68. The number of thiophene rings is 1. The average molecular weight is 407 g/mol. The van der Waals surface area contributed by atoms with Crippen molar-refractivity contribution >= 4 is 49.8 Å². The topological polar surface area (TPSA) is 89.1 Å². The van der Waals surface area contributed by atoms with Gasteiger partial charge in [-0.25, -0.2) is 5.10 Å². The number of H-pyrrole nitrogens is 1. The minimum atomic E-state index is -0.580. The number of fused-ring (bicyclic) bond motifs is 1. The lowest BCUT2D eigenvalue weighted by atomic mass is 10.1. The van der Waals surface area contributed by atoms with Crippen molar-refractivity contribution in [2.75, 3.05) is 6.61 Å². The van der Waals surface area contributed by atoms with E-state index in [2.05, 4.69) is 26.1 Å². The molecule has 0 bridgehead atoms. The molecule has 0 aliphatic heterocycles. The SMILES string of the molecule is O=C(Cc1n[nH]c(=O)c2ccccc12)OCC(=O)c1ccc(Br)s1. The number of nitrogens with one attached hydrogen (secondary N) is 1. The Hall–Kier alpha value is -2.32. The molecule has 2 aromatic heterocycles. The highest BCUT2D eigenvalue weighted by Gasteiger charge is 2.15. The summed E-state index contributed by atoms with van der Waals surface area (Å²) in [6.07, 6.45) is -0.126.